The van der Waals surface area contributed by atoms with Gasteiger partial charge in [0.15, 0.2) is 0 Å². The van der Waals surface area contributed by atoms with Crippen molar-refractivity contribution in [1.29, 1.82) is 5.41 Å². The molecule has 1 amide bonds. The Morgan fingerprint density at radius 3 is 2.74 bits per heavy atom. The van der Waals surface area contributed by atoms with Crippen molar-refractivity contribution in [2.45, 2.75) is 65.5 Å². The number of aliphatic imine (C=N–C) groups is 1. The van der Waals surface area contributed by atoms with E-state index < -0.39 is 0 Å². The summed E-state index contributed by atoms with van der Waals surface area (Å²) < 4.78 is 0. The highest BCUT2D eigenvalue weighted by Gasteiger charge is 2.27. The summed E-state index contributed by atoms with van der Waals surface area (Å²) in [4.78, 5) is 24.3. The average Bonchev–Trinajstić information content (AvgIpc) is 3.63. The number of amides is 1. The summed E-state index contributed by atoms with van der Waals surface area (Å²) in [6, 6.07) is 12.5. The van der Waals surface area contributed by atoms with Gasteiger partial charge in [-0.15, -0.1) is 0 Å². The quantitative estimate of drug-likeness (QED) is 0.367. The van der Waals surface area contributed by atoms with Gasteiger partial charge in [-0.1, -0.05) is 45.0 Å². The highest BCUT2D eigenvalue weighted by atomic mass is 16.1. The molecule has 1 saturated carbocycles. The lowest BCUT2D eigenvalue weighted by Gasteiger charge is -2.18. The standard InChI is InChI=1S/C29H35N5O/c1-29(2,3)17-25-11-10-23(18-32-25)22-8-4-5-14-31-27(16-22)28(35)33-24-9-6-7-21(15-24)19-34(20-30)26-12-13-26/h5-7,9-11,14-16,18,20,26,30H,4,8,12-13,17,19H2,1-3H3,(H,33,35)/b14-5-,22-16+,30-20?,31-27-. The van der Waals surface area contributed by atoms with E-state index in [1.807, 2.05) is 47.5 Å². The molecule has 1 aromatic carbocycles. The van der Waals surface area contributed by atoms with Crippen LogP contribution < -0.4 is 5.32 Å². The number of hydrogen-bond donors (Lipinski definition) is 2. The highest BCUT2D eigenvalue weighted by molar-refractivity contribution is 6.48. The first kappa shape index (κ1) is 24.6. The normalized spacial score (nSPS) is 19.9. The Balaban J connectivity index is 1.48. The van der Waals surface area contributed by atoms with E-state index in [9.17, 15) is 4.79 Å². The smallest absolute Gasteiger partial charge is 0.274 e. The summed E-state index contributed by atoms with van der Waals surface area (Å²) in [5, 5.41) is 10.7. The third-order valence-electron chi connectivity index (χ3n) is 6.08. The van der Waals surface area contributed by atoms with E-state index in [1.165, 1.54) is 6.34 Å². The van der Waals surface area contributed by atoms with Gasteiger partial charge in [-0.05, 0) is 78.5 Å². The zero-order valence-corrected chi connectivity index (χ0v) is 20.9. The van der Waals surface area contributed by atoms with Crippen LogP contribution in [0.1, 0.15) is 63.3 Å². The van der Waals surface area contributed by atoms with Crippen molar-refractivity contribution in [2.75, 3.05) is 5.32 Å². The van der Waals surface area contributed by atoms with Crippen LogP contribution in [0.2, 0.25) is 0 Å². The van der Waals surface area contributed by atoms with Gasteiger partial charge in [-0.25, -0.2) is 0 Å². The van der Waals surface area contributed by atoms with Gasteiger partial charge in [0, 0.05) is 36.4 Å². The molecule has 6 heteroatoms. The van der Waals surface area contributed by atoms with Gasteiger partial charge in [0.05, 0.1) is 6.34 Å². The summed E-state index contributed by atoms with van der Waals surface area (Å²) >= 11 is 0. The fraction of sp³-hybridized carbons (Fsp3) is 0.379. The number of carbonyl (C=O) groups is 1. The predicted octanol–water partition coefficient (Wildman–Crippen LogP) is 6.01. The van der Waals surface area contributed by atoms with Crippen LogP contribution in [0.4, 0.5) is 5.69 Å². The van der Waals surface area contributed by atoms with Crippen LogP contribution >= 0.6 is 0 Å². The molecule has 1 aliphatic heterocycles. The Morgan fingerprint density at radius 2 is 2.06 bits per heavy atom. The van der Waals surface area contributed by atoms with Gasteiger partial charge in [0.25, 0.3) is 5.91 Å². The van der Waals surface area contributed by atoms with Crippen LogP contribution in [0.3, 0.4) is 0 Å². The van der Waals surface area contributed by atoms with E-state index >= 15 is 0 Å². The second-order valence-electron chi connectivity index (χ2n) is 10.6. The van der Waals surface area contributed by atoms with E-state index in [-0.39, 0.29) is 11.3 Å². The van der Waals surface area contributed by atoms with Gasteiger partial charge >= 0.3 is 0 Å². The molecule has 0 bridgehead atoms. The van der Waals surface area contributed by atoms with Crippen LogP contribution in [0.15, 0.2) is 65.9 Å². The third-order valence-corrected chi connectivity index (χ3v) is 6.08. The minimum Gasteiger partial charge on any atom is -0.356 e. The number of nitrogens with zero attached hydrogens (tertiary/aromatic N) is 3. The lowest BCUT2D eigenvalue weighted by molar-refractivity contribution is -0.110. The molecule has 35 heavy (non-hydrogen) atoms. The summed E-state index contributed by atoms with van der Waals surface area (Å²) in [6.45, 7) is 7.30. The molecule has 2 N–H and O–H groups in total. The summed E-state index contributed by atoms with van der Waals surface area (Å²) in [7, 11) is 0. The molecule has 2 aliphatic rings. The van der Waals surface area contributed by atoms with Gasteiger partial charge in [0.2, 0.25) is 0 Å². The average molecular weight is 470 g/mol. The fourth-order valence-corrected chi connectivity index (χ4v) is 4.17. The van der Waals surface area contributed by atoms with Crippen LogP contribution in [-0.2, 0) is 17.8 Å². The summed E-state index contributed by atoms with van der Waals surface area (Å²) in [5.41, 5.74) is 5.50. The minimum atomic E-state index is -0.241. The molecule has 1 aromatic heterocycles. The molecule has 0 radical (unpaired) electrons. The molecule has 6 nitrogen and oxygen atoms in total. The van der Waals surface area contributed by atoms with Crippen molar-refractivity contribution < 1.29 is 4.79 Å². The predicted molar refractivity (Wildman–Crippen MR) is 144 cm³/mol. The SMILES string of the molecule is CC(C)(C)Cc1ccc(/C2=C/C(C(=O)Nc3cccc(CN(C=N)C4CC4)c3)=N/C=C\CC2)cn1. The molecular weight excluding hydrogens is 434 g/mol. The van der Waals surface area contributed by atoms with Gasteiger partial charge in [-0.2, -0.15) is 0 Å². The van der Waals surface area contributed by atoms with Crippen LogP contribution in [0, 0.1) is 10.8 Å². The van der Waals surface area contributed by atoms with Crippen LogP contribution in [0.25, 0.3) is 5.57 Å². The Bertz CT molecular complexity index is 1150. The number of aromatic nitrogens is 1. The number of allylic oxidation sites excluding steroid dienone is 2. The molecule has 0 unspecified atom stereocenters. The molecule has 0 spiro atoms. The first-order chi connectivity index (χ1) is 16.8. The van der Waals surface area contributed by atoms with Crippen molar-refractivity contribution >= 4 is 29.2 Å². The Hall–Kier alpha value is -3.54. The fourth-order valence-electron chi connectivity index (χ4n) is 4.17. The van der Waals surface area contributed by atoms with E-state index in [1.54, 1.807) is 6.20 Å². The van der Waals surface area contributed by atoms with Crippen molar-refractivity contribution in [3.63, 3.8) is 0 Å². The Kier molecular flexibility index (Phi) is 7.59. The molecule has 2 heterocycles. The number of carbonyl (C=O) groups excluding carboxylic acids is 1. The van der Waals surface area contributed by atoms with Crippen molar-refractivity contribution in [1.82, 2.24) is 9.88 Å². The summed E-state index contributed by atoms with van der Waals surface area (Å²) in [6.07, 6.45) is 13.8. The van der Waals surface area contributed by atoms with Crippen molar-refractivity contribution in [3.8, 4) is 0 Å². The second-order valence-corrected chi connectivity index (χ2v) is 10.6. The maximum atomic E-state index is 13.1. The lowest BCUT2D eigenvalue weighted by Crippen LogP contribution is -2.24. The molecule has 4 rings (SSSR count). The minimum absolute atomic E-state index is 0.184. The van der Waals surface area contributed by atoms with E-state index in [0.29, 0.717) is 18.3 Å². The number of anilines is 1. The third kappa shape index (κ3) is 7.22. The molecule has 0 atom stereocenters. The van der Waals surface area contributed by atoms with E-state index in [0.717, 1.165) is 60.2 Å². The van der Waals surface area contributed by atoms with Crippen molar-refractivity contribution in [3.05, 3.63) is 77.8 Å². The number of rotatable bonds is 8. The first-order valence-electron chi connectivity index (χ1n) is 12.4. The van der Waals surface area contributed by atoms with Gasteiger partial charge in [-0.3, -0.25) is 20.2 Å². The Morgan fingerprint density at radius 1 is 1.23 bits per heavy atom. The van der Waals surface area contributed by atoms with Crippen LogP contribution in [0.5, 0.6) is 0 Å². The highest BCUT2D eigenvalue weighted by Crippen LogP contribution is 2.28. The van der Waals surface area contributed by atoms with Crippen molar-refractivity contribution in [2.24, 2.45) is 10.4 Å². The monoisotopic (exact) mass is 469 g/mol. The zero-order chi connectivity index (χ0) is 24.8. The van der Waals surface area contributed by atoms with E-state index in [2.05, 4.69) is 48.2 Å². The maximum absolute atomic E-state index is 13.1. The summed E-state index contributed by atoms with van der Waals surface area (Å²) in [5.74, 6) is -0.241. The topological polar surface area (TPSA) is 81.4 Å². The molecule has 1 fully saturated rings. The van der Waals surface area contributed by atoms with E-state index in [4.69, 9.17) is 5.41 Å². The number of benzene rings is 1. The molecule has 0 saturated heterocycles. The van der Waals surface area contributed by atoms with Gasteiger partial charge < -0.3 is 10.2 Å². The number of pyridine rings is 1. The second kappa shape index (κ2) is 10.8. The number of hydrogen-bond acceptors (Lipinski definition) is 4. The molecule has 2 aromatic rings. The molecular formula is C29H35N5O. The first-order valence-corrected chi connectivity index (χ1v) is 12.4. The zero-order valence-electron chi connectivity index (χ0n) is 20.9. The lowest BCUT2D eigenvalue weighted by atomic mass is 9.90. The van der Waals surface area contributed by atoms with Crippen LogP contribution in [-0.4, -0.2) is 33.9 Å². The van der Waals surface area contributed by atoms with Gasteiger partial charge in [0.1, 0.15) is 5.71 Å². The largest absolute Gasteiger partial charge is 0.356 e. The molecule has 182 valence electrons. The molecule has 1 aliphatic carbocycles. The maximum Gasteiger partial charge on any atom is 0.274 e. The number of nitrogens with one attached hydrogen (secondary N) is 2. The Labute approximate surface area is 208 Å².